The van der Waals surface area contributed by atoms with Gasteiger partial charge in [-0.05, 0) is 47.8 Å². The Morgan fingerprint density at radius 3 is 2.75 bits per heavy atom. The Bertz CT molecular complexity index is 273. The topological polar surface area (TPSA) is 33.1 Å². The van der Waals surface area contributed by atoms with Crippen molar-refractivity contribution in [2.75, 3.05) is 0 Å². The van der Waals surface area contributed by atoms with E-state index >= 15 is 0 Å². The fourth-order valence-corrected chi connectivity index (χ4v) is 1.49. The van der Waals surface area contributed by atoms with Crippen molar-refractivity contribution in [3.63, 3.8) is 0 Å². The van der Waals surface area contributed by atoms with E-state index in [1.165, 1.54) is 0 Å². The maximum atomic E-state index is 9.16. The second-order valence-electron chi connectivity index (χ2n) is 2.93. The molecule has 12 heavy (non-hydrogen) atoms. The molecule has 1 N–H and O–H groups in total. The van der Waals surface area contributed by atoms with Gasteiger partial charge in [-0.25, -0.2) is 4.98 Å². The van der Waals surface area contributed by atoms with E-state index in [0.29, 0.717) is 6.42 Å². The first kappa shape index (κ1) is 9.68. The third-order valence-electron chi connectivity index (χ3n) is 1.68. The Morgan fingerprint density at radius 2 is 2.25 bits per heavy atom. The Labute approximate surface area is 80.8 Å². The van der Waals surface area contributed by atoms with Crippen molar-refractivity contribution < 1.29 is 5.11 Å². The molecule has 0 spiro atoms. The molecule has 0 amide bonds. The second kappa shape index (κ2) is 4.01. The maximum Gasteiger partial charge on any atom is 0.106 e. The summed E-state index contributed by atoms with van der Waals surface area (Å²) in [5.41, 5.74) is 2.08. The molecule has 3 heteroatoms. The van der Waals surface area contributed by atoms with Gasteiger partial charge in [0.2, 0.25) is 0 Å². The number of pyridine rings is 1. The molecule has 0 aliphatic heterocycles. The van der Waals surface area contributed by atoms with Crippen LogP contribution in [0.4, 0.5) is 0 Å². The molecule has 0 aliphatic rings. The molecule has 66 valence electrons. The summed E-state index contributed by atoms with van der Waals surface area (Å²) in [6.07, 6.45) is 0.373. The van der Waals surface area contributed by atoms with Gasteiger partial charge in [0.05, 0.1) is 6.10 Å². The lowest BCUT2D eigenvalue weighted by molar-refractivity contribution is 0.195. The summed E-state index contributed by atoms with van der Waals surface area (Å²) in [5.74, 6) is 0. The molecule has 0 saturated carbocycles. The summed E-state index contributed by atoms with van der Waals surface area (Å²) >= 11 is 3.29. The van der Waals surface area contributed by atoms with Crippen LogP contribution in [0.1, 0.15) is 18.2 Å². The molecule has 1 rings (SSSR count). The molecule has 1 aromatic heterocycles. The average molecular weight is 230 g/mol. The third kappa shape index (κ3) is 2.57. The number of rotatable bonds is 2. The fourth-order valence-electron chi connectivity index (χ4n) is 1.09. The maximum absolute atomic E-state index is 9.16. The lowest BCUT2D eigenvalue weighted by Crippen LogP contribution is -2.06. The zero-order chi connectivity index (χ0) is 9.14. The molecule has 0 aromatic carbocycles. The van der Waals surface area contributed by atoms with Gasteiger partial charge in [-0.2, -0.15) is 0 Å². The lowest BCUT2D eigenvalue weighted by atomic mass is 10.1. The van der Waals surface area contributed by atoms with E-state index in [1.54, 1.807) is 6.92 Å². The van der Waals surface area contributed by atoms with Crippen molar-refractivity contribution in [3.8, 4) is 0 Å². The highest BCUT2D eigenvalue weighted by Crippen LogP contribution is 2.12. The van der Waals surface area contributed by atoms with E-state index in [2.05, 4.69) is 20.9 Å². The first-order chi connectivity index (χ1) is 5.59. The minimum atomic E-state index is -0.299. The standard InChI is InChI=1S/C9H12BrNO/c1-6(12)5-8-3-4-9(10)11-7(8)2/h3-4,6,12H,5H2,1-2H3. The van der Waals surface area contributed by atoms with E-state index in [9.17, 15) is 0 Å². The minimum Gasteiger partial charge on any atom is -0.393 e. The highest BCUT2D eigenvalue weighted by Gasteiger charge is 2.03. The molecule has 1 heterocycles. The highest BCUT2D eigenvalue weighted by molar-refractivity contribution is 9.10. The van der Waals surface area contributed by atoms with Crippen LogP contribution in [-0.2, 0) is 6.42 Å². The zero-order valence-electron chi connectivity index (χ0n) is 7.21. The minimum absolute atomic E-state index is 0.299. The molecule has 0 bridgehead atoms. The van der Waals surface area contributed by atoms with Crippen molar-refractivity contribution in [1.82, 2.24) is 4.98 Å². The average Bonchev–Trinajstić information content (AvgIpc) is 1.94. The summed E-state index contributed by atoms with van der Waals surface area (Å²) in [4.78, 5) is 4.23. The van der Waals surface area contributed by atoms with Gasteiger partial charge in [0.1, 0.15) is 4.60 Å². The van der Waals surface area contributed by atoms with E-state index in [0.717, 1.165) is 15.9 Å². The number of aliphatic hydroxyl groups excluding tert-OH is 1. The Hall–Kier alpha value is -0.410. The number of hydrogen-bond acceptors (Lipinski definition) is 2. The van der Waals surface area contributed by atoms with Crippen molar-refractivity contribution in [3.05, 3.63) is 28.0 Å². The summed E-state index contributed by atoms with van der Waals surface area (Å²) in [7, 11) is 0. The second-order valence-corrected chi connectivity index (χ2v) is 3.74. The Balaban J connectivity index is 2.86. The molecule has 0 fully saturated rings. The predicted octanol–water partition coefficient (Wildman–Crippen LogP) is 2.08. The van der Waals surface area contributed by atoms with Crippen LogP contribution in [0.2, 0.25) is 0 Å². The summed E-state index contributed by atoms with van der Waals surface area (Å²) in [6.45, 7) is 3.73. The highest BCUT2D eigenvalue weighted by atomic mass is 79.9. The molecule has 0 aliphatic carbocycles. The normalized spacial score (nSPS) is 13.0. The van der Waals surface area contributed by atoms with Crippen molar-refractivity contribution in [2.45, 2.75) is 26.4 Å². The summed E-state index contributed by atoms with van der Waals surface area (Å²) < 4.78 is 0.842. The molecule has 1 unspecified atom stereocenters. The largest absolute Gasteiger partial charge is 0.393 e. The molecule has 1 aromatic rings. The smallest absolute Gasteiger partial charge is 0.106 e. The molecular weight excluding hydrogens is 218 g/mol. The van der Waals surface area contributed by atoms with Crippen LogP contribution in [0.5, 0.6) is 0 Å². The van der Waals surface area contributed by atoms with Crippen LogP contribution >= 0.6 is 15.9 Å². The quantitative estimate of drug-likeness (QED) is 0.789. The number of aromatic nitrogens is 1. The van der Waals surface area contributed by atoms with Gasteiger partial charge in [0.25, 0.3) is 0 Å². The van der Waals surface area contributed by atoms with E-state index < -0.39 is 0 Å². The molecule has 2 nitrogen and oxygen atoms in total. The monoisotopic (exact) mass is 229 g/mol. The van der Waals surface area contributed by atoms with Gasteiger partial charge in [-0.1, -0.05) is 6.07 Å². The number of aryl methyl sites for hydroxylation is 1. The van der Waals surface area contributed by atoms with Gasteiger partial charge in [0.15, 0.2) is 0 Å². The van der Waals surface area contributed by atoms with Gasteiger partial charge in [0, 0.05) is 5.69 Å². The Morgan fingerprint density at radius 1 is 1.58 bits per heavy atom. The number of nitrogens with zero attached hydrogens (tertiary/aromatic N) is 1. The molecule has 1 atom stereocenters. The van der Waals surface area contributed by atoms with Crippen molar-refractivity contribution >= 4 is 15.9 Å². The van der Waals surface area contributed by atoms with Crippen LogP contribution in [0, 0.1) is 6.92 Å². The lowest BCUT2D eigenvalue weighted by Gasteiger charge is -2.06. The van der Waals surface area contributed by atoms with Gasteiger partial charge in [-0.15, -0.1) is 0 Å². The van der Waals surface area contributed by atoms with Gasteiger partial charge >= 0.3 is 0 Å². The van der Waals surface area contributed by atoms with Crippen LogP contribution in [0.25, 0.3) is 0 Å². The number of hydrogen-bond donors (Lipinski definition) is 1. The molecular formula is C9H12BrNO. The predicted molar refractivity (Wildman–Crippen MR) is 52.1 cm³/mol. The van der Waals surface area contributed by atoms with Crippen molar-refractivity contribution in [2.24, 2.45) is 0 Å². The third-order valence-corrected chi connectivity index (χ3v) is 2.12. The van der Waals surface area contributed by atoms with Crippen LogP contribution in [0.15, 0.2) is 16.7 Å². The first-order valence-corrected chi connectivity index (χ1v) is 4.69. The van der Waals surface area contributed by atoms with E-state index in [4.69, 9.17) is 5.11 Å². The Kier molecular flexibility index (Phi) is 3.23. The molecule has 0 saturated heterocycles. The van der Waals surface area contributed by atoms with Gasteiger partial charge in [-0.3, -0.25) is 0 Å². The van der Waals surface area contributed by atoms with E-state index in [1.807, 2.05) is 19.1 Å². The van der Waals surface area contributed by atoms with Crippen LogP contribution < -0.4 is 0 Å². The summed E-state index contributed by atoms with van der Waals surface area (Å²) in [5, 5.41) is 9.16. The van der Waals surface area contributed by atoms with Crippen LogP contribution in [-0.4, -0.2) is 16.2 Å². The van der Waals surface area contributed by atoms with Gasteiger partial charge < -0.3 is 5.11 Å². The number of halogens is 1. The van der Waals surface area contributed by atoms with Crippen LogP contribution in [0.3, 0.4) is 0 Å². The van der Waals surface area contributed by atoms with Crippen molar-refractivity contribution in [1.29, 1.82) is 0 Å². The summed E-state index contributed by atoms with van der Waals surface area (Å²) in [6, 6.07) is 3.88. The molecule has 0 radical (unpaired) electrons. The SMILES string of the molecule is Cc1nc(Br)ccc1CC(C)O. The zero-order valence-corrected chi connectivity index (χ0v) is 8.80. The number of aliphatic hydroxyl groups is 1. The fraction of sp³-hybridized carbons (Fsp3) is 0.444. The van der Waals surface area contributed by atoms with E-state index in [-0.39, 0.29) is 6.10 Å². The first-order valence-electron chi connectivity index (χ1n) is 3.89.